The van der Waals surface area contributed by atoms with Gasteiger partial charge in [0.1, 0.15) is 11.3 Å². The van der Waals surface area contributed by atoms with Crippen LogP contribution in [-0.2, 0) is 13.6 Å². The first-order valence-corrected chi connectivity index (χ1v) is 8.74. The molecule has 1 saturated heterocycles. The van der Waals surface area contributed by atoms with Crippen LogP contribution in [0.5, 0.6) is 0 Å². The molecule has 24 heavy (non-hydrogen) atoms. The summed E-state index contributed by atoms with van der Waals surface area (Å²) in [5.74, 6) is 0.841. The van der Waals surface area contributed by atoms with Gasteiger partial charge in [-0.2, -0.15) is 5.10 Å². The van der Waals surface area contributed by atoms with Crippen molar-refractivity contribution in [2.75, 3.05) is 26.2 Å². The van der Waals surface area contributed by atoms with Crippen molar-refractivity contribution < 1.29 is 4.42 Å². The molecule has 1 aliphatic rings. The molecule has 0 bridgehead atoms. The maximum absolute atomic E-state index is 5.98. The SMILES string of the molecule is Cn1cc(CNCCN2CCCC2)c(-c2cc3ccccc3o2)n1. The molecule has 0 atom stereocenters. The van der Waals surface area contributed by atoms with Crippen molar-refractivity contribution in [2.45, 2.75) is 19.4 Å². The zero-order valence-corrected chi connectivity index (χ0v) is 14.2. The number of aromatic nitrogens is 2. The van der Waals surface area contributed by atoms with E-state index in [1.54, 1.807) is 0 Å². The van der Waals surface area contributed by atoms with Gasteiger partial charge in [0.25, 0.3) is 0 Å². The number of hydrogen-bond acceptors (Lipinski definition) is 4. The molecule has 1 aromatic carbocycles. The van der Waals surface area contributed by atoms with Gasteiger partial charge in [-0.3, -0.25) is 4.68 Å². The third-order valence-electron chi connectivity index (χ3n) is 4.68. The Morgan fingerprint density at radius 2 is 2.04 bits per heavy atom. The summed E-state index contributed by atoms with van der Waals surface area (Å²) in [4.78, 5) is 2.52. The predicted octanol–water partition coefficient (Wildman–Crippen LogP) is 3.02. The van der Waals surface area contributed by atoms with Crippen molar-refractivity contribution in [2.24, 2.45) is 7.05 Å². The average molecular weight is 324 g/mol. The molecule has 3 heterocycles. The van der Waals surface area contributed by atoms with Crippen molar-refractivity contribution in [1.29, 1.82) is 0 Å². The minimum atomic E-state index is 0.814. The molecule has 1 fully saturated rings. The molecular formula is C19H24N4O. The van der Waals surface area contributed by atoms with Crippen LogP contribution in [0.1, 0.15) is 18.4 Å². The van der Waals surface area contributed by atoms with E-state index in [0.29, 0.717) is 0 Å². The molecular weight excluding hydrogens is 300 g/mol. The van der Waals surface area contributed by atoms with Gasteiger partial charge in [0.05, 0.1) is 0 Å². The first kappa shape index (κ1) is 15.4. The van der Waals surface area contributed by atoms with Crippen LogP contribution in [0.3, 0.4) is 0 Å². The molecule has 126 valence electrons. The number of benzene rings is 1. The van der Waals surface area contributed by atoms with Crippen LogP contribution in [0, 0.1) is 0 Å². The van der Waals surface area contributed by atoms with Crippen LogP contribution in [0.25, 0.3) is 22.4 Å². The van der Waals surface area contributed by atoms with Crippen molar-refractivity contribution >= 4 is 11.0 Å². The summed E-state index contributed by atoms with van der Waals surface area (Å²) in [6.45, 7) is 5.44. The number of aryl methyl sites for hydroxylation is 1. The Hall–Kier alpha value is -2.11. The Balaban J connectivity index is 1.45. The Morgan fingerprint density at radius 3 is 2.88 bits per heavy atom. The predicted molar refractivity (Wildman–Crippen MR) is 95.8 cm³/mol. The van der Waals surface area contributed by atoms with Gasteiger partial charge >= 0.3 is 0 Å². The largest absolute Gasteiger partial charge is 0.454 e. The molecule has 3 aromatic rings. The molecule has 5 nitrogen and oxygen atoms in total. The Bertz CT molecular complexity index is 781. The second-order valence-corrected chi connectivity index (χ2v) is 6.55. The van der Waals surface area contributed by atoms with Crippen molar-refractivity contribution in [3.05, 3.63) is 42.1 Å². The highest BCUT2D eigenvalue weighted by Gasteiger charge is 2.15. The molecule has 1 N–H and O–H groups in total. The highest BCUT2D eigenvalue weighted by atomic mass is 16.3. The lowest BCUT2D eigenvalue weighted by Gasteiger charge is -2.14. The summed E-state index contributed by atoms with van der Waals surface area (Å²) in [6.07, 6.45) is 4.77. The number of nitrogens with one attached hydrogen (secondary N) is 1. The zero-order chi connectivity index (χ0) is 16.4. The molecule has 4 rings (SSSR count). The topological polar surface area (TPSA) is 46.2 Å². The van der Waals surface area contributed by atoms with Gasteiger partial charge in [-0.15, -0.1) is 0 Å². The van der Waals surface area contributed by atoms with Crippen molar-refractivity contribution in [3.63, 3.8) is 0 Å². The number of likely N-dealkylation sites (tertiary alicyclic amines) is 1. The van der Waals surface area contributed by atoms with Gasteiger partial charge in [0.15, 0.2) is 5.76 Å². The van der Waals surface area contributed by atoms with Gasteiger partial charge in [-0.1, -0.05) is 18.2 Å². The van der Waals surface area contributed by atoms with Gasteiger partial charge < -0.3 is 14.6 Å². The van der Waals surface area contributed by atoms with E-state index in [2.05, 4.69) is 33.6 Å². The minimum absolute atomic E-state index is 0.814. The van der Waals surface area contributed by atoms with Gasteiger partial charge in [0.2, 0.25) is 0 Å². The molecule has 0 spiro atoms. The van der Waals surface area contributed by atoms with Crippen LogP contribution in [0.2, 0.25) is 0 Å². The Kier molecular flexibility index (Phi) is 4.36. The zero-order valence-electron chi connectivity index (χ0n) is 14.2. The standard InChI is InChI=1S/C19H24N4O/c1-22-14-16(13-20-8-11-23-9-4-5-10-23)19(21-22)18-12-15-6-2-3-7-17(15)24-18/h2-3,6-7,12,14,20H,4-5,8-11,13H2,1H3. The van der Waals surface area contributed by atoms with E-state index in [9.17, 15) is 0 Å². The fourth-order valence-electron chi connectivity index (χ4n) is 3.44. The quantitative estimate of drug-likeness (QED) is 0.708. The summed E-state index contributed by atoms with van der Waals surface area (Å²) < 4.78 is 7.84. The smallest absolute Gasteiger partial charge is 0.156 e. The number of furan rings is 1. The van der Waals surface area contributed by atoms with Crippen LogP contribution in [-0.4, -0.2) is 40.9 Å². The molecule has 0 unspecified atom stereocenters. The van der Waals surface area contributed by atoms with E-state index in [0.717, 1.165) is 42.1 Å². The highest BCUT2D eigenvalue weighted by Crippen LogP contribution is 2.28. The first-order chi connectivity index (χ1) is 11.8. The lowest BCUT2D eigenvalue weighted by atomic mass is 10.2. The summed E-state index contributed by atoms with van der Waals surface area (Å²) in [7, 11) is 1.96. The number of fused-ring (bicyclic) bond motifs is 1. The van der Waals surface area contributed by atoms with Gasteiger partial charge in [-0.05, 0) is 38.1 Å². The second-order valence-electron chi connectivity index (χ2n) is 6.55. The first-order valence-electron chi connectivity index (χ1n) is 8.74. The number of hydrogen-bond donors (Lipinski definition) is 1. The van der Waals surface area contributed by atoms with E-state index in [1.807, 2.05) is 29.9 Å². The van der Waals surface area contributed by atoms with E-state index in [1.165, 1.54) is 31.5 Å². The van der Waals surface area contributed by atoms with Gasteiger partial charge in [0, 0.05) is 43.8 Å². The summed E-state index contributed by atoms with van der Waals surface area (Å²) in [5.41, 5.74) is 3.02. The van der Waals surface area contributed by atoms with Gasteiger partial charge in [-0.25, -0.2) is 0 Å². The molecule has 0 radical (unpaired) electrons. The van der Waals surface area contributed by atoms with Crippen LogP contribution in [0.15, 0.2) is 40.9 Å². The minimum Gasteiger partial charge on any atom is -0.454 e. The second kappa shape index (κ2) is 6.79. The van der Waals surface area contributed by atoms with E-state index in [-0.39, 0.29) is 0 Å². The molecule has 1 aliphatic heterocycles. The Morgan fingerprint density at radius 1 is 1.21 bits per heavy atom. The van der Waals surface area contributed by atoms with Crippen LogP contribution < -0.4 is 5.32 Å². The third-order valence-corrected chi connectivity index (χ3v) is 4.68. The maximum Gasteiger partial charge on any atom is 0.156 e. The maximum atomic E-state index is 5.98. The molecule has 5 heteroatoms. The Labute approximate surface area is 142 Å². The summed E-state index contributed by atoms with van der Waals surface area (Å²) >= 11 is 0. The number of nitrogens with zero attached hydrogens (tertiary/aromatic N) is 3. The van der Waals surface area contributed by atoms with Crippen LogP contribution in [0.4, 0.5) is 0 Å². The number of para-hydroxylation sites is 1. The normalized spacial score (nSPS) is 15.5. The van der Waals surface area contributed by atoms with Crippen LogP contribution >= 0.6 is 0 Å². The number of rotatable bonds is 6. The van der Waals surface area contributed by atoms with E-state index < -0.39 is 0 Å². The van der Waals surface area contributed by atoms with Crippen molar-refractivity contribution in [3.8, 4) is 11.5 Å². The summed E-state index contributed by atoms with van der Waals surface area (Å²) in [5, 5.41) is 9.27. The summed E-state index contributed by atoms with van der Waals surface area (Å²) in [6, 6.07) is 10.2. The highest BCUT2D eigenvalue weighted by molar-refractivity contribution is 5.82. The monoisotopic (exact) mass is 324 g/mol. The van der Waals surface area contributed by atoms with E-state index in [4.69, 9.17) is 4.42 Å². The average Bonchev–Trinajstić information content (AvgIpc) is 3.30. The lowest BCUT2D eigenvalue weighted by Crippen LogP contribution is -2.29. The fraction of sp³-hybridized carbons (Fsp3) is 0.421. The third kappa shape index (κ3) is 3.23. The lowest BCUT2D eigenvalue weighted by molar-refractivity contribution is 0.335. The molecule has 2 aromatic heterocycles. The molecule has 0 amide bonds. The van der Waals surface area contributed by atoms with Crippen molar-refractivity contribution in [1.82, 2.24) is 20.0 Å². The van der Waals surface area contributed by atoms with E-state index >= 15 is 0 Å². The molecule has 0 saturated carbocycles. The molecule has 0 aliphatic carbocycles. The fourth-order valence-corrected chi connectivity index (χ4v) is 3.44.